The van der Waals surface area contributed by atoms with E-state index < -0.39 is 18.0 Å². The van der Waals surface area contributed by atoms with Gasteiger partial charge in [0.1, 0.15) is 18.2 Å². The van der Waals surface area contributed by atoms with E-state index in [-0.39, 0.29) is 30.5 Å². The first-order valence-electron chi connectivity index (χ1n) is 6.52. The van der Waals surface area contributed by atoms with Crippen molar-refractivity contribution in [1.82, 2.24) is 5.32 Å². The van der Waals surface area contributed by atoms with E-state index in [1.54, 1.807) is 0 Å². The largest absolute Gasteiger partial charge is 0.479 e. The summed E-state index contributed by atoms with van der Waals surface area (Å²) in [6.45, 7) is 3.78. The van der Waals surface area contributed by atoms with Gasteiger partial charge < -0.3 is 20.5 Å². The molecule has 1 aromatic carbocycles. The number of terminal acetylenes is 1. The SMILES string of the molecule is C#CCOc1ccc(F)cc1NC(=O)NC[C@H](O)C(C)C. The van der Waals surface area contributed by atoms with Gasteiger partial charge >= 0.3 is 6.03 Å². The van der Waals surface area contributed by atoms with Gasteiger partial charge in [0, 0.05) is 12.6 Å². The van der Waals surface area contributed by atoms with Crippen LogP contribution in [-0.4, -0.2) is 30.4 Å². The minimum atomic E-state index is -0.652. The molecule has 0 fully saturated rings. The Balaban J connectivity index is 2.66. The normalized spacial score (nSPS) is 11.6. The van der Waals surface area contributed by atoms with Crippen LogP contribution in [0.2, 0.25) is 0 Å². The number of urea groups is 1. The van der Waals surface area contributed by atoms with Gasteiger partial charge in [-0.2, -0.15) is 0 Å². The highest BCUT2D eigenvalue weighted by Gasteiger charge is 2.12. The monoisotopic (exact) mass is 294 g/mol. The summed E-state index contributed by atoms with van der Waals surface area (Å²) in [5.41, 5.74) is 0.168. The summed E-state index contributed by atoms with van der Waals surface area (Å²) in [5.74, 6) is 2.07. The maximum Gasteiger partial charge on any atom is 0.319 e. The fourth-order valence-electron chi connectivity index (χ4n) is 1.44. The number of hydrogen-bond acceptors (Lipinski definition) is 3. The van der Waals surface area contributed by atoms with Gasteiger partial charge in [-0.3, -0.25) is 0 Å². The third-order valence-electron chi connectivity index (χ3n) is 2.74. The molecule has 0 heterocycles. The summed E-state index contributed by atoms with van der Waals surface area (Å²) in [6, 6.07) is 3.15. The Hall–Kier alpha value is -2.26. The first-order chi connectivity index (χ1) is 9.93. The number of rotatable bonds is 6. The maximum absolute atomic E-state index is 13.2. The number of amides is 2. The highest BCUT2D eigenvalue weighted by Crippen LogP contribution is 2.25. The van der Waals surface area contributed by atoms with Crippen molar-refractivity contribution >= 4 is 11.7 Å². The van der Waals surface area contributed by atoms with Crippen molar-refractivity contribution in [1.29, 1.82) is 0 Å². The third-order valence-corrected chi connectivity index (χ3v) is 2.74. The van der Waals surface area contributed by atoms with Gasteiger partial charge in [-0.25, -0.2) is 9.18 Å². The molecule has 0 aliphatic carbocycles. The number of aliphatic hydroxyl groups excluding tert-OH is 1. The molecule has 0 radical (unpaired) electrons. The number of benzene rings is 1. The van der Waals surface area contributed by atoms with Crippen molar-refractivity contribution < 1.29 is 19.0 Å². The number of aliphatic hydroxyl groups is 1. The predicted octanol–water partition coefficient (Wildman–Crippen LogP) is 1.98. The molecule has 3 N–H and O–H groups in total. The van der Waals surface area contributed by atoms with Crippen molar-refractivity contribution in [3.63, 3.8) is 0 Å². The third kappa shape index (κ3) is 5.71. The lowest BCUT2D eigenvalue weighted by Crippen LogP contribution is -2.37. The summed E-state index contributed by atoms with van der Waals surface area (Å²) >= 11 is 0. The van der Waals surface area contributed by atoms with Crippen molar-refractivity contribution in [2.45, 2.75) is 20.0 Å². The van der Waals surface area contributed by atoms with E-state index in [2.05, 4.69) is 16.6 Å². The van der Waals surface area contributed by atoms with Crippen LogP contribution in [0, 0.1) is 24.1 Å². The number of halogens is 1. The number of hydrogen-bond donors (Lipinski definition) is 3. The lowest BCUT2D eigenvalue weighted by molar-refractivity contribution is 0.126. The Morgan fingerprint density at radius 3 is 2.86 bits per heavy atom. The lowest BCUT2D eigenvalue weighted by Gasteiger charge is -2.16. The number of anilines is 1. The minimum absolute atomic E-state index is 0.00793. The van der Waals surface area contributed by atoms with Gasteiger partial charge in [0.25, 0.3) is 0 Å². The van der Waals surface area contributed by atoms with Gasteiger partial charge in [0.2, 0.25) is 0 Å². The van der Waals surface area contributed by atoms with Crippen LogP contribution in [0.15, 0.2) is 18.2 Å². The summed E-state index contributed by atoms with van der Waals surface area (Å²) < 4.78 is 18.4. The predicted molar refractivity (Wildman–Crippen MR) is 78.6 cm³/mol. The molecule has 0 aliphatic rings. The van der Waals surface area contributed by atoms with Gasteiger partial charge in [-0.05, 0) is 18.1 Å². The molecule has 1 aromatic rings. The highest BCUT2D eigenvalue weighted by molar-refractivity contribution is 5.90. The average molecular weight is 294 g/mol. The van der Waals surface area contributed by atoms with E-state index >= 15 is 0 Å². The van der Waals surface area contributed by atoms with Gasteiger partial charge in [0.05, 0.1) is 11.8 Å². The molecule has 2 amide bonds. The molecule has 0 spiro atoms. The van der Waals surface area contributed by atoms with Gasteiger partial charge in [-0.1, -0.05) is 19.8 Å². The van der Waals surface area contributed by atoms with Gasteiger partial charge in [0.15, 0.2) is 0 Å². The Kier molecular flexibility index (Phi) is 6.50. The molecule has 1 atom stereocenters. The van der Waals surface area contributed by atoms with Crippen LogP contribution < -0.4 is 15.4 Å². The second-order valence-electron chi connectivity index (χ2n) is 4.78. The summed E-state index contributed by atoms with van der Waals surface area (Å²) in [5, 5.41) is 14.6. The van der Waals surface area contributed by atoms with Crippen molar-refractivity contribution in [3.05, 3.63) is 24.0 Å². The molecular weight excluding hydrogens is 275 g/mol. The Labute approximate surface area is 123 Å². The number of carbonyl (C=O) groups is 1. The van der Waals surface area contributed by atoms with Crippen LogP contribution in [0.3, 0.4) is 0 Å². The molecule has 5 nitrogen and oxygen atoms in total. The summed E-state index contributed by atoms with van der Waals surface area (Å²) in [4.78, 5) is 11.7. The van der Waals surface area contributed by atoms with Crippen LogP contribution in [-0.2, 0) is 0 Å². The van der Waals surface area contributed by atoms with Crippen molar-refractivity contribution in [2.75, 3.05) is 18.5 Å². The standard InChI is InChI=1S/C15H19FN2O3/c1-4-7-21-14-6-5-11(16)8-12(14)18-15(20)17-9-13(19)10(2)3/h1,5-6,8,10,13,19H,7,9H2,2-3H3,(H2,17,18,20)/t13-/m0/s1. The van der Waals surface area contributed by atoms with E-state index in [9.17, 15) is 14.3 Å². The zero-order chi connectivity index (χ0) is 15.8. The quantitative estimate of drug-likeness (QED) is 0.703. The van der Waals surface area contributed by atoms with E-state index in [1.807, 2.05) is 13.8 Å². The molecule has 0 aromatic heterocycles. The Morgan fingerprint density at radius 2 is 2.24 bits per heavy atom. The molecular formula is C15H19FN2O3. The zero-order valence-corrected chi connectivity index (χ0v) is 12.0. The summed E-state index contributed by atoms with van der Waals surface area (Å²) in [6.07, 6.45) is 4.44. The van der Waals surface area contributed by atoms with Crippen LogP contribution >= 0.6 is 0 Å². The second-order valence-corrected chi connectivity index (χ2v) is 4.78. The second kappa shape index (κ2) is 8.12. The first kappa shape index (κ1) is 16.8. The molecule has 21 heavy (non-hydrogen) atoms. The first-order valence-corrected chi connectivity index (χ1v) is 6.52. The van der Waals surface area contributed by atoms with Crippen LogP contribution in [0.1, 0.15) is 13.8 Å². The van der Waals surface area contributed by atoms with E-state index in [1.165, 1.54) is 12.1 Å². The lowest BCUT2D eigenvalue weighted by atomic mass is 10.1. The molecule has 6 heteroatoms. The molecule has 0 unspecified atom stereocenters. The number of ether oxygens (including phenoxy) is 1. The van der Waals surface area contributed by atoms with Crippen molar-refractivity contribution in [2.24, 2.45) is 5.92 Å². The number of carbonyl (C=O) groups excluding carboxylic acids is 1. The molecule has 1 rings (SSSR count). The fraction of sp³-hybridized carbons (Fsp3) is 0.400. The number of nitrogens with one attached hydrogen (secondary N) is 2. The Bertz CT molecular complexity index is 526. The smallest absolute Gasteiger partial charge is 0.319 e. The molecule has 0 saturated heterocycles. The van der Waals surface area contributed by atoms with Crippen LogP contribution in [0.25, 0.3) is 0 Å². The molecule has 0 saturated carbocycles. The Morgan fingerprint density at radius 1 is 1.52 bits per heavy atom. The minimum Gasteiger partial charge on any atom is -0.479 e. The van der Waals surface area contributed by atoms with Gasteiger partial charge in [-0.15, -0.1) is 6.42 Å². The van der Waals surface area contributed by atoms with E-state index in [4.69, 9.17) is 11.2 Å². The molecule has 0 aliphatic heterocycles. The van der Waals surface area contributed by atoms with E-state index in [0.717, 1.165) is 6.07 Å². The summed E-state index contributed by atoms with van der Waals surface area (Å²) in [7, 11) is 0. The molecule has 0 bridgehead atoms. The topological polar surface area (TPSA) is 70.6 Å². The van der Waals surface area contributed by atoms with Crippen molar-refractivity contribution in [3.8, 4) is 18.1 Å². The van der Waals surface area contributed by atoms with Crippen LogP contribution in [0.5, 0.6) is 5.75 Å². The highest BCUT2D eigenvalue weighted by atomic mass is 19.1. The fourth-order valence-corrected chi connectivity index (χ4v) is 1.44. The average Bonchev–Trinajstić information content (AvgIpc) is 2.43. The maximum atomic E-state index is 13.2. The zero-order valence-electron chi connectivity index (χ0n) is 12.0. The van der Waals surface area contributed by atoms with Crippen LogP contribution in [0.4, 0.5) is 14.9 Å². The molecule has 114 valence electrons. The van der Waals surface area contributed by atoms with E-state index in [0.29, 0.717) is 0 Å².